The molecule has 1 atom stereocenters. The van der Waals surface area contributed by atoms with E-state index in [1.807, 2.05) is 39.8 Å². The number of nitrogens with one attached hydrogen (secondary N) is 1. The van der Waals surface area contributed by atoms with Crippen LogP contribution in [0.4, 0.5) is 5.69 Å². The standard InChI is InChI=1S/C23H27N5O4/c1-5-31-20-9-15-8-12(2)32-19(15)10-18(20)27-21(29)7-6-16-13(3)26-23-17(22(24)30)11-25-28(23)14(16)4/h9-12H,5-8H2,1-4H3,(H2,24,30)(H,27,29). The van der Waals surface area contributed by atoms with E-state index in [4.69, 9.17) is 15.2 Å². The number of carbonyl (C=O) groups excluding carboxylic acids is 2. The maximum Gasteiger partial charge on any atom is 0.254 e. The molecular formula is C23H27N5O4. The highest BCUT2D eigenvalue weighted by molar-refractivity contribution is 5.98. The summed E-state index contributed by atoms with van der Waals surface area (Å²) in [6.07, 6.45) is 3.07. The van der Waals surface area contributed by atoms with E-state index in [1.54, 1.807) is 4.52 Å². The largest absolute Gasteiger partial charge is 0.492 e. The van der Waals surface area contributed by atoms with Gasteiger partial charge in [-0.2, -0.15) is 5.10 Å². The van der Waals surface area contributed by atoms with Crippen LogP contribution in [-0.4, -0.2) is 39.1 Å². The van der Waals surface area contributed by atoms with Gasteiger partial charge in [0.05, 0.1) is 18.5 Å². The van der Waals surface area contributed by atoms with Gasteiger partial charge in [-0.05, 0) is 45.7 Å². The number of hydrogen-bond acceptors (Lipinski definition) is 6. The zero-order valence-electron chi connectivity index (χ0n) is 18.7. The SMILES string of the molecule is CCOc1cc2c(cc1NC(=O)CCc1c(C)nc3c(C(N)=O)cnn3c1C)OC(C)C2. The zero-order valence-corrected chi connectivity index (χ0v) is 18.7. The van der Waals surface area contributed by atoms with Crippen LogP contribution in [0.3, 0.4) is 0 Å². The van der Waals surface area contributed by atoms with E-state index in [1.165, 1.54) is 6.20 Å². The minimum atomic E-state index is -0.573. The number of rotatable bonds is 7. The van der Waals surface area contributed by atoms with Gasteiger partial charge in [-0.25, -0.2) is 9.50 Å². The number of ether oxygens (including phenoxy) is 2. The molecule has 1 aliphatic heterocycles. The fourth-order valence-corrected chi connectivity index (χ4v) is 4.11. The molecule has 1 unspecified atom stereocenters. The Morgan fingerprint density at radius 1 is 1.34 bits per heavy atom. The molecule has 1 aromatic carbocycles. The highest BCUT2D eigenvalue weighted by Crippen LogP contribution is 2.38. The van der Waals surface area contributed by atoms with E-state index in [0.29, 0.717) is 30.1 Å². The van der Waals surface area contributed by atoms with Crippen molar-refractivity contribution in [3.8, 4) is 11.5 Å². The molecular weight excluding hydrogens is 410 g/mol. The lowest BCUT2D eigenvalue weighted by Gasteiger charge is -2.14. The predicted octanol–water partition coefficient (Wildman–Crippen LogP) is 2.74. The van der Waals surface area contributed by atoms with Crippen molar-refractivity contribution >= 4 is 23.1 Å². The minimum Gasteiger partial charge on any atom is -0.492 e. The lowest BCUT2D eigenvalue weighted by atomic mass is 10.1. The first kappa shape index (κ1) is 21.6. The number of primary amides is 1. The molecule has 0 fully saturated rings. The highest BCUT2D eigenvalue weighted by Gasteiger charge is 2.23. The van der Waals surface area contributed by atoms with Crippen LogP contribution in [0.25, 0.3) is 5.65 Å². The van der Waals surface area contributed by atoms with Crippen LogP contribution in [0, 0.1) is 13.8 Å². The van der Waals surface area contributed by atoms with Gasteiger partial charge in [-0.15, -0.1) is 0 Å². The lowest BCUT2D eigenvalue weighted by Crippen LogP contribution is -2.16. The van der Waals surface area contributed by atoms with Gasteiger partial charge in [0, 0.05) is 35.9 Å². The Hall–Kier alpha value is -3.62. The van der Waals surface area contributed by atoms with E-state index in [2.05, 4.69) is 15.4 Å². The maximum atomic E-state index is 12.8. The summed E-state index contributed by atoms with van der Waals surface area (Å²) in [6.45, 7) is 8.16. The Labute approximate surface area is 185 Å². The van der Waals surface area contributed by atoms with Gasteiger partial charge >= 0.3 is 0 Å². The molecule has 2 aromatic heterocycles. The number of fused-ring (bicyclic) bond motifs is 2. The van der Waals surface area contributed by atoms with Crippen molar-refractivity contribution < 1.29 is 19.1 Å². The van der Waals surface area contributed by atoms with Crippen LogP contribution < -0.4 is 20.5 Å². The van der Waals surface area contributed by atoms with E-state index in [0.717, 1.165) is 34.7 Å². The van der Waals surface area contributed by atoms with Crippen molar-refractivity contribution in [2.75, 3.05) is 11.9 Å². The van der Waals surface area contributed by atoms with Crippen LogP contribution in [0.15, 0.2) is 18.3 Å². The molecule has 3 aromatic rings. The predicted molar refractivity (Wildman–Crippen MR) is 119 cm³/mol. The fourth-order valence-electron chi connectivity index (χ4n) is 4.11. The third-order valence-electron chi connectivity index (χ3n) is 5.65. The van der Waals surface area contributed by atoms with Crippen molar-refractivity contribution in [2.24, 2.45) is 5.73 Å². The molecule has 3 N–H and O–H groups in total. The molecule has 0 bridgehead atoms. The molecule has 4 rings (SSSR count). The molecule has 0 saturated heterocycles. The van der Waals surface area contributed by atoms with Crippen LogP contribution in [-0.2, 0) is 17.6 Å². The number of aromatic nitrogens is 3. The molecule has 0 saturated carbocycles. The van der Waals surface area contributed by atoms with Gasteiger partial charge in [0.15, 0.2) is 5.65 Å². The second-order valence-corrected chi connectivity index (χ2v) is 7.99. The number of anilines is 1. The first-order chi connectivity index (χ1) is 15.3. The van der Waals surface area contributed by atoms with Gasteiger partial charge < -0.3 is 20.5 Å². The number of nitrogens with two attached hydrogens (primary N) is 1. The normalized spacial score (nSPS) is 14.8. The summed E-state index contributed by atoms with van der Waals surface area (Å²) in [5, 5.41) is 7.19. The van der Waals surface area contributed by atoms with Gasteiger partial charge in [-0.1, -0.05) is 0 Å². The number of benzene rings is 1. The Bertz CT molecular complexity index is 1220. The van der Waals surface area contributed by atoms with Crippen LogP contribution in [0.2, 0.25) is 0 Å². The number of hydrogen-bond donors (Lipinski definition) is 2. The molecule has 0 radical (unpaired) electrons. The monoisotopic (exact) mass is 437 g/mol. The third-order valence-corrected chi connectivity index (χ3v) is 5.65. The number of aryl methyl sites for hydroxylation is 2. The molecule has 9 heteroatoms. The maximum absolute atomic E-state index is 12.8. The summed E-state index contributed by atoms with van der Waals surface area (Å²) in [5.74, 6) is 0.704. The quantitative estimate of drug-likeness (QED) is 0.586. The van der Waals surface area contributed by atoms with E-state index in [9.17, 15) is 9.59 Å². The molecule has 3 heterocycles. The van der Waals surface area contributed by atoms with Gasteiger partial charge in [0.25, 0.3) is 5.91 Å². The molecule has 9 nitrogen and oxygen atoms in total. The summed E-state index contributed by atoms with van der Waals surface area (Å²) in [4.78, 5) is 28.9. The summed E-state index contributed by atoms with van der Waals surface area (Å²) < 4.78 is 13.2. The van der Waals surface area contributed by atoms with Crippen molar-refractivity contribution in [1.29, 1.82) is 0 Å². The summed E-state index contributed by atoms with van der Waals surface area (Å²) in [6, 6.07) is 3.78. The van der Waals surface area contributed by atoms with Gasteiger partial charge in [0.2, 0.25) is 5.91 Å². The van der Waals surface area contributed by atoms with Crippen LogP contribution >= 0.6 is 0 Å². The summed E-state index contributed by atoms with van der Waals surface area (Å²) in [5.41, 5.74) is 10.3. The van der Waals surface area contributed by atoms with Gasteiger partial charge in [0.1, 0.15) is 23.2 Å². The molecule has 0 spiro atoms. The first-order valence-corrected chi connectivity index (χ1v) is 10.7. The first-order valence-electron chi connectivity index (χ1n) is 10.7. The second-order valence-electron chi connectivity index (χ2n) is 7.99. The van der Waals surface area contributed by atoms with Crippen LogP contribution in [0.1, 0.15) is 53.1 Å². The summed E-state index contributed by atoms with van der Waals surface area (Å²) >= 11 is 0. The average Bonchev–Trinajstić information content (AvgIpc) is 3.30. The molecule has 1 aliphatic rings. The van der Waals surface area contributed by atoms with Crippen molar-refractivity contribution in [3.63, 3.8) is 0 Å². The van der Waals surface area contributed by atoms with E-state index >= 15 is 0 Å². The summed E-state index contributed by atoms with van der Waals surface area (Å²) in [7, 11) is 0. The zero-order chi connectivity index (χ0) is 23.0. The third kappa shape index (κ3) is 3.98. The van der Waals surface area contributed by atoms with E-state index in [-0.39, 0.29) is 24.0 Å². The molecule has 168 valence electrons. The van der Waals surface area contributed by atoms with Crippen LogP contribution in [0.5, 0.6) is 11.5 Å². The van der Waals surface area contributed by atoms with Crippen molar-refractivity contribution in [3.05, 3.63) is 46.4 Å². The fraction of sp³-hybridized carbons (Fsp3) is 0.391. The number of nitrogens with zero attached hydrogens (tertiary/aromatic N) is 3. The Kier molecular flexibility index (Phi) is 5.73. The van der Waals surface area contributed by atoms with Crippen molar-refractivity contribution in [1.82, 2.24) is 14.6 Å². The number of amides is 2. The Morgan fingerprint density at radius 3 is 2.84 bits per heavy atom. The van der Waals surface area contributed by atoms with Crippen molar-refractivity contribution in [2.45, 2.75) is 53.1 Å². The molecule has 2 amide bonds. The Morgan fingerprint density at radius 2 is 2.12 bits per heavy atom. The average molecular weight is 438 g/mol. The van der Waals surface area contributed by atoms with Gasteiger partial charge in [-0.3, -0.25) is 9.59 Å². The molecule has 32 heavy (non-hydrogen) atoms. The smallest absolute Gasteiger partial charge is 0.254 e. The highest BCUT2D eigenvalue weighted by atomic mass is 16.5. The van der Waals surface area contributed by atoms with E-state index < -0.39 is 5.91 Å². The molecule has 0 aliphatic carbocycles. The second kappa shape index (κ2) is 8.49. The number of carbonyl (C=O) groups is 2. The lowest BCUT2D eigenvalue weighted by molar-refractivity contribution is -0.116. The topological polar surface area (TPSA) is 121 Å². The minimum absolute atomic E-state index is 0.108. The Balaban J connectivity index is 1.52.